The van der Waals surface area contributed by atoms with Crippen LogP contribution >= 0.6 is 22.9 Å². The summed E-state index contributed by atoms with van der Waals surface area (Å²) in [7, 11) is 3.69. The summed E-state index contributed by atoms with van der Waals surface area (Å²) >= 11 is 7.86. The molecule has 0 atom stereocenters. The van der Waals surface area contributed by atoms with Crippen molar-refractivity contribution in [3.63, 3.8) is 0 Å². The molecular formula is C19H21ClN6O2S. The number of nitrogens with zero attached hydrogens (tertiary/aromatic N) is 3. The van der Waals surface area contributed by atoms with Crippen LogP contribution in [-0.4, -0.2) is 41.6 Å². The number of nitrogens with one attached hydrogen (secondary N) is 2. The van der Waals surface area contributed by atoms with Crippen LogP contribution in [0.2, 0.25) is 5.02 Å². The van der Waals surface area contributed by atoms with Crippen LogP contribution in [0.4, 0.5) is 16.6 Å². The third-order valence-corrected chi connectivity index (χ3v) is 6.21. The minimum Gasteiger partial charge on any atom is -0.495 e. The Morgan fingerprint density at radius 2 is 2.24 bits per heavy atom. The summed E-state index contributed by atoms with van der Waals surface area (Å²) in [4.78, 5) is 24.7. The molecule has 1 aliphatic rings. The molecule has 4 rings (SSSR count). The number of anilines is 2. The minimum absolute atomic E-state index is 0.187. The highest BCUT2D eigenvalue weighted by atomic mass is 35.5. The number of likely N-dealkylation sites (N-methyl/N-ethyl adjacent to an activating group) is 1. The van der Waals surface area contributed by atoms with Crippen molar-refractivity contribution in [1.29, 1.82) is 0 Å². The molecule has 0 unspecified atom stereocenters. The fraction of sp³-hybridized carbons (Fsp3) is 0.316. The number of fused-ring (bicyclic) bond motifs is 3. The number of hydrogen-bond acceptors (Lipinski definition) is 7. The summed E-state index contributed by atoms with van der Waals surface area (Å²) in [6, 6.07) is 4.93. The highest BCUT2D eigenvalue weighted by molar-refractivity contribution is 7.19. The van der Waals surface area contributed by atoms with Crippen molar-refractivity contribution in [2.45, 2.75) is 19.5 Å². The third-order valence-electron chi connectivity index (χ3n) is 4.80. The van der Waals surface area contributed by atoms with Gasteiger partial charge in [-0.2, -0.15) is 4.98 Å². The predicted molar refractivity (Wildman–Crippen MR) is 116 cm³/mol. The molecule has 0 saturated carbocycles. The Morgan fingerprint density at radius 1 is 1.41 bits per heavy atom. The van der Waals surface area contributed by atoms with Gasteiger partial charge in [-0.1, -0.05) is 17.7 Å². The van der Waals surface area contributed by atoms with E-state index in [1.54, 1.807) is 18.4 Å². The number of urea groups is 1. The summed E-state index contributed by atoms with van der Waals surface area (Å²) in [5.41, 5.74) is 7.51. The predicted octanol–water partition coefficient (Wildman–Crippen LogP) is 3.44. The third kappa shape index (κ3) is 4.07. The van der Waals surface area contributed by atoms with Crippen molar-refractivity contribution in [3.8, 4) is 5.75 Å². The zero-order chi connectivity index (χ0) is 20.5. The van der Waals surface area contributed by atoms with E-state index in [4.69, 9.17) is 22.1 Å². The average molecular weight is 433 g/mol. The lowest BCUT2D eigenvalue weighted by molar-refractivity contribution is 0.259. The van der Waals surface area contributed by atoms with E-state index in [1.807, 2.05) is 18.2 Å². The van der Waals surface area contributed by atoms with Crippen molar-refractivity contribution in [3.05, 3.63) is 39.2 Å². The average Bonchev–Trinajstić information content (AvgIpc) is 3.02. The number of rotatable bonds is 5. The fourth-order valence-electron chi connectivity index (χ4n) is 3.42. The molecule has 0 bridgehead atoms. The smallest absolute Gasteiger partial charge is 0.319 e. The Hall–Kier alpha value is -2.62. The van der Waals surface area contributed by atoms with E-state index < -0.39 is 6.03 Å². The molecule has 0 aliphatic carbocycles. The van der Waals surface area contributed by atoms with Gasteiger partial charge >= 0.3 is 6.03 Å². The number of ether oxygens (including phenoxy) is 1. The lowest BCUT2D eigenvalue weighted by Crippen LogP contribution is -2.25. The summed E-state index contributed by atoms with van der Waals surface area (Å²) in [6.45, 7) is 2.37. The van der Waals surface area contributed by atoms with E-state index in [9.17, 15) is 4.79 Å². The number of halogens is 1. The maximum Gasteiger partial charge on any atom is 0.319 e. The zero-order valence-corrected chi connectivity index (χ0v) is 17.7. The van der Waals surface area contributed by atoms with Gasteiger partial charge in [0.1, 0.15) is 16.4 Å². The number of aromatic nitrogens is 2. The molecule has 4 N–H and O–H groups in total. The molecule has 1 aliphatic heterocycles. The molecule has 0 saturated heterocycles. The largest absolute Gasteiger partial charge is 0.495 e. The Morgan fingerprint density at radius 3 is 2.97 bits per heavy atom. The second-order valence-corrected chi connectivity index (χ2v) is 8.37. The highest BCUT2D eigenvalue weighted by Crippen LogP contribution is 2.38. The molecule has 8 nitrogen and oxygen atoms in total. The first-order chi connectivity index (χ1) is 13.9. The quantitative estimate of drug-likeness (QED) is 0.570. The molecule has 152 valence electrons. The van der Waals surface area contributed by atoms with Gasteiger partial charge in [-0.05, 0) is 36.7 Å². The van der Waals surface area contributed by atoms with Gasteiger partial charge in [0.15, 0.2) is 0 Å². The number of nitrogens with two attached hydrogens (primary N) is 1. The number of thiophene rings is 1. The molecule has 3 heterocycles. The molecule has 29 heavy (non-hydrogen) atoms. The van der Waals surface area contributed by atoms with E-state index in [-0.39, 0.29) is 5.95 Å². The van der Waals surface area contributed by atoms with Gasteiger partial charge in [0.2, 0.25) is 5.95 Å². The number of methoxy groups -OCH3 is 1. The van der Waals surface area contributed by atoms with Crippen molar-refractivity contribution in [2.75, 3.05) is 31.3 Å². The second kappa shape index (κ2) is 8.02. The zero-order valence-electron chi connectivity index (χ0n) is 16.1. The van der Waals surface area contributed by atoms with E-state index in [0.717, 1.165) is 35.3 Å². The molecule has 10 heteroatoms. The molecule has 2 aromatic heterocycles. The number of carbonyl (C=O) groups excluding carboxylic acids is 1. The van der Waals surface area contributed by atoms with Crippen LogP contribution in [0.3, 0.4) is 0 Å². The molecule has 0 fully saturated rings. The molecule has 2 amide bonds. The maximum atomic E-state index is 11.3. The number of primary amides is 1. The first kappa shape index (κ1) is 19.7. The van der Waals surface area contributed by atoms with Gasteiger partial charge < -0.3 is 20.7 Å². The van der Waals surface area contributed by atoms with Crippen LogP contribution in [0.5, 0.6) is 5.75 Å². The van der Waals surface area contributed by atoms with E-state index in [0.29, 0.717) is 23.1 Å². The molecule has 0 spiro atoms. The number of amides is 2. The standard InChI is InChI=1S/C19H21ClN6O2S/c1-26-6-5-11-14(9-26)29-17-15(11)16(23-19(24-17)25-18(21)27)22-8-10-3-4-13(28-2)12(20)7-10/h3-4,7H,5-6,8-9H2,1-2H3,(H4,21,22,23,24,25,27). The topological polar surface area (TPSA) is 105 Å². The van der Waals surface area contributed by atoms with Gasteiger partial charge in [0, 0.05) is 24.5 Å². The SMILES string of the molecule is COc1ccc(CNc2nc(NC(N)=O)nc3sc4c(c23)CCN(C)C4)cc1Cl. The first-order valence-corrected chi connectivity index (χ1v) is 10.3. The minimum atomic E-state index is -0.696. The van der Waals surface area contributed by atoms with Crippen LogP contribution in [0.25, 0.3) is 10.2 Å². The summed E-state index contributed by atoms with van der Waals surface area (Å²) in [5.74, 6) is 1.49. The Kier molecular flexibility index (Phi) is 5.44. The van der Waals surface area contributed by atoms with Crippen molar-refractivity contribution >= 4 is 51.0 Å². The van der Waals surface area contributed by atoms with Gasteiger partial charge in [-0.25, -0.2) is 9.78 Å². The van der Waals surface area contributed by atoms with Crippen LogP contribution < -0.4 is 21.1 Å². The summed E-state index contributed by atoms with van der Waals surface area (Å²) in [5, 5.41) is 7.42. The van der Waals surface area contributed by atoms with Crippen molar-refractivity contribution < 1.29 is 9.53 Å². The lowest BCUT2D eigenvalue weighted by Gasteiger charge is -2.22. The van der Waals surface area contributed by atoms with E-state index in [1.165, 1.54) is 10.4 Å². The normalized spacial score (nSPS) is 13.9. The van der Waals surface area contributed by atoms with Gasteiger partial charge in [-0.15, -0.1) is 11.3 Å². The van der Waals surface area contributed by atoms with Crippen LogP contribution in [0, 0.1) is 0 Å². The molecule has 0 radical (unpaired) electrons. The Balaban J connectivity index is 1.71. The van der Waals surface area contributed by atoms with Gasteiger partial charge in [-0.3, -0.25) is 5.32 Å². The van der Waals surface area contributed by atoms with E-state index >= 15 is 0 Å². The van der Waals surface area contributed by atoms with Gasteiger partial charge in [0.25, 0.3) is 0 Å². The maximum absolute atomic E-state index is 11.3. The van der Waals surface area contributed by atoms with Crippen LogP contribution in [0.1, 0.15) is 16.0 Å². The van der Waals surface area contributed by atoms with Crippen LogP contribution in [-0.2, 0) is 19.5 Å². The van der Waals surface area contributed by atoms with Crippen molar-refractivity contribution in [1.82, 2.24) is 14.9 Å². The molecule has 3 aromatic rings. The monoisotopic (exact) mass is 432 g/mol. The number of carbonyl (C=O) groups is 1. The molecule has 1 aromatic carbocycles. The first-order valence-electron chi connectivity index (χ1n) is 9.08. The fourth-order valence-corrected chi connectivity index (χ4v) is 5.00. The summed E-state index contributed by atoms with van der Waals surface area (Å²) in [6.07, 6.45) is 0.931. The highest BCUT2D eigenvalue weighted by Gasteiger charge is 2.23. The van der Waals surface area contributed by atoms with Crippen LogP contribution in [0.15, 0.2) is 18.2 Å². The van der Waals surface area contributed by atoms with Crippen molar-refractivity contribution in [2.24, 2.45) is 5.73 Å². The van der Waals surface area contributed by atoms with Gasteiger partial charge in [0.05, 0.1) is 17.5 Å². The van der Waals surface area contributed by atoms with E-state index in [2.05, 4.69) is 32.5 Å². The number of hydrogen-bond donors (Lipinski definition) is 3. The molecular weight excluding hydrogens is 412 g/mol. The second-order valence-electron chi connectivity index (χ2n) is 6.88. The Labute approximate surface area is 177 Å². The number of benzene rings is 1. The lowest BCUT2D eigenvalue weighted by atomic mass is 10.1. The summed E-state index contributed by atoms with van der Waals surface area (Å²) < 4.78 is 5.21. The Bertz CT molecular complexity index is 1090.